The maximum Gasteiger partial charge on any atom is 0.416 e. The van der Waals surface area contributed by atoms with Crippen molar-refractivity contribution in [2.24, 2.45) is 0 Å². The van der Waals surface area contributed by atoms with Crippen LogP contribution in [0.4, 0.5) is 52.7 Å². The summed E-state index contributed by atoms with van der Waals surface area (Å²) in [6.07, 6.45) is -20.1. The molecule has 4 aliphatic rings. The first-order valence-electron chi connectivity index (χ1n) is 24.4. The van der Waals surface area contributed by atoms with Gasteiger partial charge in [-0.05, 0) is 126 Å². The molecule has 76 heavy (non-hydrogen) atoms. The molecule has 11 aromatic rings. The van der Waals surface area contributed by atoms with Gasteiger partial charge in [-0.25, -0.2) is 0 Å². The Kier molecular flexibility index (Phi) is 8.32. The van der Waals surface area contributed by atoms with Crippen molar-refractivity contribution in [3.05, 3.63) is 196 Å². The highest BCUT2D eigenvalue weighted by atomic mass is 19.4. The number of nitrogens with zero attached hydrogens (tertiary/aromatic N) is 2. The van der Waals surface area contributed by atoms with Crippen molar-refractivity contribution < 1.29 is 52.7 Å². The first kappa shape index (κ1) is 45.5. The van der Waals surface area contributed by atoms with Gasteiger partial charge in [0, 0.05) is 43.8 Å². The topological polar surface area (TPSA) is 9.86 Å². The van der Waals surface area contributed by atoms with Crippen LogP contribution >= 0.6 is 0 Å². The van der Waals surface area contributed by atoms with E-state index in [0.717, 1.165) is 59.5 Å². The lowest BCUT2D eigenvalue weighted by Crippen LogP contribution is -2.61. The number of benzene rings is 9. The molecule has 0 saturated carbocycles. The zero-order valence-electron chi connectivity index (χ0n) is 39.9. The van der Waals surface area contributed by atoms with Gasteiger partial charge in [-0.15, -0.1) is 0 Å². The van der Waals surface area contributed by atoms with Crippen molar-refractivity contribution in [3.8, 4) is 33.6 Å². The van der Waals surface area contributed by atoms with Crippen LogP contribution in [0.5, 0.6) is 0 Å². The van der Waals surface area contributed by atoms with E-state index in [1.54, 1.807) is 21.3 Å². The number of alkyl halides is 12. The van der Waals surface area contributed by atoms with Crippen molar-refractivity contribution in [2.75, 3.05) is 0 Å². The normalized spacial score (nSPS) is 15.1. The molecule has 15 rings (SSSR count). The fourth-order valence-corrected chi connectivity index (χ4v) is 13.9. The van der Waals surface area contributed by atoms with Crippen LogP contribution in [0.15, 0.2) is 146 Å². The maximum atomic E-state index is 15.8. The molecule has 0 unspecified atom stereocenters. The Morgan fingerprint density at radius 1 is 0.368 bits per heavy atom. The lowest BCUT2D eigenvalue weighted by atomic mass is 9.33. The van der Waals surface area contributed by atoms with Gasteiger partial charge >= 0.3 is 24.7 Å². The quantitative estimate of drug-likeness (QED) is 0.115. The molecule has 374 valence electrons. The van der Waals surface area contributed by atoms with Crippen molar-refractivity contribution >= 4 is 77.5 Å². The third-order valence-corrected chi connectivity index (χ3v) is 16.6. The minimum atomic E-state index is -5.11. The van der Waals surface area contributed by atoms with Gasteiger partial charge in [0.05, 0.1) is 44.4 Å². The summed E-state index contributed by atoms with van der Waals surface area (Å²) in [6, 6.07) is 36.1. The fraction of sp³-hybridized carbons (Fsp3) is 0.148. The lowest BCUT2D eigenvalue weighted by Gasteiger charge is -2.45. The average Bonchev–Trinajstić information content (AvgIpc) is 2.81. The van der Waals surface area contributed by atoms with Crippen LogP contribution in [0.25, 0.3) is 88.0 Å². The van der Waals surface area contributed by atoms with Crippen LogP contribution in [-0.4, -0.2) is 15.8 Å². The molecule has 15 heteroatoms. The van der Waals surface area contributed by atoms with E-state index in [1.165, 1.54) is 6.07 Å². The smallest absolute Gasteiger partial charge is 0.310 e. The first-order valence-corrected chi connectivity index (χ1v) is 24.4. The van der Waals surface area contributed by atoms with Crippen LogP contribution in [0.1, 0.15) is 70.8 Å². The molecular weight excluding hydrogens is 999 g/mol. The number of fused-ring (bicyclic) bond motifs is 15. The zero-order valence-corrected chi connectivity index (χ0v) is 39.9. The molecule has 5 heterocycles. The highest BCUT2D eigenvalue weighted by molar-refractivity contribution is 7.00. The molecule has 0 N–H and O–H groups in total. The van der Waals surface area contributed by atoms with Gasteiger partial charge in [0.15, 0.2) is 0 Å². The zero-order chi connectivity index (χ0) is 52.9. The number of aromatic nitrogens is 2. The van der Waals surface area contributed by atoms with Crippen LogP contribution in [0.2, 0.25) is 0 Å². The van der Waals surface area contributed by atoms with Crippen molar-refractivity contribution in [2.45, 2.75) is 56.3 Å². The number of hydrogen-bond acceptors (Lipinski definition) is 0. The molecule has 0 atom stereocenters. The molecular formula is C61H33BF12N2. The van der Waals surface area contributed by atoms with Crippen LogP contribution in [-0.2, 0) is 35.5 Å². The number of halogens is 12. The van der Waals surface area contributed by atoms with E-state index in [1.807, 2.05) is 99.6 Å². The second-order valence-corrected chi connectivity index (χ2v) is 21.6. The summed E-state index contributed by atoms with van der Waals surface area (Å²) in [5.74, 6) is 0. The van der Waals surface area contributed by atoms with Crippen LogP contribution < -0.4 is 16.4 Å². The molecule has 0 fully saturated rings. The predicted molar refractivity (Wildman–Crippen MR) is 272 cm³/mol. The third kappa shape index (κ3) is 5.52. The Labute approximate surface area is 423 Å². The summed E-state index contributed by atoms with van der Waals surface area (Å²) < 4.78 is 189. The van der Waals surface area contributed by atoms with Gasteiger partial charge in [0.2, 0.25) is 0 Å². The van der Waals surface area contributed by atoms with Crippen molar-refractivity contribution in [1.29, 1.82) is 0 Å². The molecule has 0 bridgehead atoms. The standard InChI is InChI=1S/C61H33BF12N2/c1-56(2,3)42-17-9-13-32-33(12-8-14-34(32)42)41-27-46-55-50-54(41)75-49-19-18-28(58(63,64)65)20-37(49)38-22-30(60(69,70)71)25-47(52(38)75)62(50)48-26-31(61(72,73)74)23-40-39-21-29(59(66,67)68)24-45(51(39)76(55)53(40)48)57(46)43-15-6-4-10-35(43)36-11-5-7-16-44(36)57/h4-27H,1-3H3. The monoisotopic (exact) mass is 1030 g/mol. The molecule has 0 amide bonds. The SMILES string of the molecule is CC(C)(C)c1cccc2c(-c3cc4c5c6c3-n3c7ccc(C(F)(F)F)cc7c7cc(C(F)(F)F)cc(c73)B6c3cc(C(F)(F)F)cc6c7cc(C(F)(F)F)cc(c7n-5c36)C43c4ccccc4-c4ccccc43)cccc12. The van der Waals surface area contributed by atoms with Gasteiger partial charge in [-0.3, -0.25) is 0 Å². The Morgan fingerprint density at radius 2 is 0.868 bits per heavy atom. The minimum Gasteiger partial charge on any atom is -0.310 e. The first-order chi connectivity index (χ1) is 35.9. The van der Waals surface area contributed by atoms with E-state index in [-0.39, 0.29) is 65.6 Å². The second kappa shape index (κ2) is 13.9. The third-order valence-electron chi connectivity index (χ3n) is 16.6. The molecule has 3 aliphatic heterocycles. The molecule has 2 aromatic heterocycles. The summed E-state index contributed by atoms with van der Waals surface area (Å²) in [6.45, 7) is 4.65. The van der Waals surface area contributed by atoms with Gasteiger partial charge in [0.25, 0.3) is 6.71 Å². The highest BCUT2D eigenvalue weighted by Gasteiger charge is 2.56. The van der Waals surface area contributed by atoms with Gasteiger partial charge < -0.3 is 9.13 Å². The molecule has 0 radical (unpaired) electrons. The highest BCUT2D eigenvalue weighted by Crippen LogP contribution is 2.63. The van der Waals surface area contributed by atoms with Crippen molar-refractivity contribution in [1.82, 2.24) is 9.13 Å². The van der Waals surface area contributed by atoms with Crippen LogP contribution in [0, 0.1) is 0 Å². The number of hydrogen-bond donors (Lipinski definition) is 0. The summed E-state index contributed by atoms with van der Waals surface area (Å²) >= 11 is 0. The molecule has 1 spiro atoms. The summed E-state index contributed by atoms with van der Waals surface area (Å²) in [5, 5.41) is 0.813. The van der Waals surface area contributed by atoms with E-state index in [0.29, 0.717) is 55.7 Å². The molecule has 2 nitrogen and oxygen atoms in total. The summed E-state index contributed by atoms with van der Waals surface area (Å²) in [5.41, 5.74) is -0.745. The Balaban J connectivity index is 1.27. The predicted octanol–water partition coefficient (Wildman–Crippen LogP) is 15.9. The summed E-state index contributed by atoms with van der Waals surface area (Å²) in [7, 11) is 0. The fourth-order valence-electron chi connectivity index (χ4n) is 13.9. The molecule has 0 saturated heterocycles. The second-order valence-electron chi connectivity index (χ2n) is 21.6. The molecule has 1 aliphatic carbocycles. The van der Waals surface area contributed by atoms with Gasteiger partial charge in [0.1, 0.15) is 0 Å². The molecule has 9 aromatic carbocycles. The number of rotatable bonds is 1. The van der Waals surface area contributed by atoms with Gasteiger partial charge in [-0.1, -0.05) is 118 Å². The lowest BCUT2D eigenvalue weighted by molar-refractivity contribution is -0.138. The Bertz CT molecular complexity index is 4470. The summed E-state index contributed by atoms with van der Waals surface area (Å²) in [4.78, 5) is 0. The van der Waals surface area contributed by atoms with E-state index in [9.17, 15) is 13.2 Å². The maximum absolute atomic E-state index is 15.8. The van der Waals surface area contributed by atoms with E-state index in [2.05, 4.69) is 0 Å². The Morgan fingerprint density at radius 3 is 1.46 bits per heavy atom. The van der Waals surface area contributed by atoms with E-state index < -0.39 is 64.5 Å². The van der Waals surface area contributed by atoms with Gasteiger partial charge in [-0.2, -0.15) is 52.7 Å². The largest absolute Gasteiger partial charge is 0.416 e. The minimum absolute atomic E-state index is 0.0499. The van der Waals surface area contributed by atoms with E-state index >= 15 is 39.5 Å². The van der Waals surface area contributed by atoms with Crippen LogP contribution in [0.3, 0.4) is 0 Å². The van der Waals surface area contributed by atoms with E-state index in [4.69, 9.17) is 0 Å². The van der Waals surface area contributed by atoms with Crippen molar-refractivity contribution in [3.63, 3.8) is 0 Å². The Hall–Kier alpha value is -7.94. The average molecular weight is 1030 g/mol.